The predicted molar refractivity (Wildman–Crippen MR) is 105 cm³/mol. The Morgan fingerprint density at radius 3 is 2.31 bits per heavy atom. The lowest BCUT2D eigenvalue weighted by atomic mass is 10.00. The number of hydrogen-bond acceptors (Lipinski definition) is 4. The summed E-state index contributed by atoms with van der Waals surface area (Å²) < 4.78 is 6.68. The van der Waals surface area contributed by atoms with Gasteiger partial charge in [0, 0.05) is 35.2 Å². The van der Waals surface area contributed by atoms with Gasteiger partial charge in [-0.2, -0.15) is 0 Å². The van der Waals surface area contributed by atoms with E-state index in [-0.39, 0.29) is 36.1 Å². The molecule has 2 unspecified atom stereocenters. The van der Waals surface area contributed by atoms with Gasteiger partial charge in [-0.05, 0) is 52.0 Å². The average molecular weight is 426 g/mol. The van der Waals surface area contributed by atoms with Gasteiger partial charge in [0.25, 0.3) is 5.91 Å². The summed E-state index contributed by atoms with van der Waals surface area (Å²) in [6, 6.07) is 7.01. The van der Waals surface area contributed by atoms with E-state index >= 15 is 0 Å². The van der Waals surface area contributed by atoms with E-state index in [1.807, 2.05) is 0 Å². The summed E-state index contributed by atoms with van der Waals surface area (Å²) in [6.45, 7) is 10.5. The summed E-state index contributed by atoms with van der Waals surface area (Å²) in [7, 11) is 0. The second-order valence-corrected chi connectivity index (χ2v) is 8.36. The minimum absolute atomic E-state index is 0.0408. The number of morpholine rings is 1. The minimum Gasteiger partial charge on any atom is -0.373 e. The van der Waals surface area contributed by atoms with Crippen LogP contribution in [-0.2, 0) is 9.53 Å². The van der Waals surface area contributed by atoms with Gasteiger partial charge in [0.05, 0.1) is 18.8 Å². The lowest BCUT2D eigenvalue weighted by Gasteiger charge is -2.45. The van der Waals surface area contributed by atoms with Crippen molar-refractivity contribution in [3.05, 3.63) is 34.3 Å². The van der Waals surface area contributed by atoms with Crippen LogP contribution in [0, 0.1) is 0 Å². The molecule has 26 heavy (non-hydrogen) atoms. The fourth-order valence-corrected chi connectivity index (χ4v) is 3.29. The quantitative estimate of drug-likeness (QED) is 0.732. The molecular weight excluding hydrogens is 398 g/mol. The third-order valence-electron chi connectivity index (χ3n) is 4.51. The van der Waals surface area contributed by atoms with E-state index < -0.39 is 0 Å². The van der Waals surface area contributed by atoms with Crippen molar-refractivity contribution in [2.75, 3.05) is 26.2 Å². The van der Waals surface area contributed by atoms with Gasteiger partial charge >= 0.3 is 0 Å². The zero-order chi connectivity index (χ0) is 19.3. The molecule has 0 radical (unpaired) electrons. The Bertz CT molecular complexity index is 623. The van der Waals surface area contributed by atoms with Gasteiger partial charge in [-0.3, -0.25) is 14.5 Å². The van der Waals surface area contributed by atoms with Crippen molar-refractivity contribution in [3.63, 3.8) is 0 Å². The maximum Gasteiger partial charge on any atom is 0.251 e. The number of nitrogens with one attached hydrogen (secondary N) is 2. The van der Waals surface area contributed by atoms with Crippen molar-refractivity contribution >= 4 is 27.7 Å². The van der Waals surface area contributed by atoms with Crippen LogP contribution in [0.4, 0.5) is 0 Å². The summed E-state index contributed by atoms with van der Waals surface area (Å²) in [5.74, 6) is -0.458. The van der Waals surface area contributed by atoms with E-state index in [1.165, 1.54) is 0 Å². The van der Waals surface area contributed by atoms with E-state index in [9.17, 15) is 9.59 Å². The molecule has 144 valence electrons. The van der Waals surface area contributed by atoms with Crippen LogP contribution in [0.25, 0.3) is 0 Å². The molecule has 0 spiro atoms. The SMILES string of the molecule is CC1CN(C(C)(C)CNC(=O)CNC(=O)c2ccc(Br)cc2)CC(C)O1. The van der Waals surface area contributed by atoms with Crippen LogP contribution >= 0.6 is 15.9 Å². The number of carbonyl (C=O) groups excluding carboxylic acids is 2. The van der Waals surface area contributed by atoms with E-state index in [2.05, 4.69) is 59.2 Å². The molecule has 0 saturated carbocycles. The molecule has 1 aromatic carbocycles. The topological polar surface area (TPSA) is 70.7 Å². The highest BCUT2D eigenvalue weighted by Gasteiger charge is 2.33. The molecule has 1 aliphatic heterocycles. The summed E-state index contributed by atoms with van der Waals surface area (Å²) >= 11 is 3.33. The van der Waals surface area contributed by atoms with Crippen LogP contribution in [-0.4, -0.2) is 60.6 Å². The number of ether oxygens (including phenoxy) is 1. The molecule has 0 bridgehead atoms. The van der Waals surface area contributed by atoms with Gasteiger partial charge in [0.15, 0.2) is 0 Å². The predicted octanol–water partition coefficient (Wildman–Crippen LogP) is 2.18. The molecule has 2 N–H and O–H groups in total. The molecule has 0 aromatic heterocycles. The Morgan fingerprint density at radius 2 is 1.73 bits per heavy atom. The molecule has 2 amide bonds. The van der Waals surface area contributed by atoms with Crippen LogP contribution in [0.1, 0.15) is 38.1 Å². The smallest absolute Gasteiger partial charge is 0.251 e. The zero-order valence-electron chi connectivity index (χ0n) is 15.8. The average Bonchev–Trinajstić information content (AvgIpc) is 2.57. The van der Waals surface area contributed by atoms with E-state index in [0.29, 0.717) is 12.1 Å². The maximum atomic E-state index is 12.1. The van der Waals surface area contributed by atoms with Crippen molar-refractivity contribution in [2.24, 2.45) is 0 Å². The van der Waals surface area contributed by atoms with Crippen molar-refractivity contribution < 1.29 is 14.3 Å². The Kier molecular flexibility index (Phi) is 7.20. The van der Waals surface area contributed by atoms with Gasteiger partial charge in [-0.25, -0.2) is 0 Å². The van der Waals surface area contributed by atoms with Gasteiger partial charge in [-0.15, -0.1) is 0 Å². The molecule has 1 aliphatic rings. The first-order chi connectivity index (χ1) is 12.2. The molecular formula is C19H28BrN3O3. The minimum atomic E-state index is -0.261. The summed E-state index contributed by atoms with van der Waals surface area (Å²) in [5, 5.41) is 5.57. The largest absolute Gasteiger partial charge is 0.373 e. The molecule has 6 nitrogen and oxygen atoms in total. The standard InChI is InChI=1S/C19H28BrN3O3/c1-13-10-23(11-14(2)26-13)19(3,4)12-22-17(24)9-21-18(25)15-5-7-16(20)8-6-15/h5-8,13-14H,9-12H2,1-4H3,(H,21,25)(H,22,24). The zero-order valence-corrected chi connectivity index (χ0v) is 17.4. The second-order valence-electron chi connectivity index (χ2n) is 7.44. The number of carbonyl (C=O) groups is 2. The first-order valence-corrected chi connectivity index (χ1v) is 9.67. The molecule has 2 atom stereocenters. The van der Waals surface area contributed by atoms with Crippen molar-refractivity contribution in [3.8, 4) is 0 Å². The summed E-state index contributed by atoms with van der Waals surface area (Å²) in [5.41, 5.74) is 0.343. The molecule has 1 fully saturated rings. The Hall–Kier alpha value is -1.44. The Morgan fingerprint density at radius 1 is 1.15 bits per heavy atom. The van der Waals surface area contributed by atoms with E-state index in [0.717, 1.165) is 17.6 Å². The highest BCUT2D eigenvalue weighted by molar-refractivity contribution is 9.10. The molecule has 1 aromatic rings. The number of amides is 2. The highest BCUT2D eigenvalue weighted by Crippen LogP contribution is 2.20. The number of hydrogen-bond donors (Lipinski definition) is 2. The van der Waals surface area contributed by atoms with Crippen LogP contribution < -0.4 is 10.6 Å². The summed E-state index contributed by atoms with van der Waals surface area (Å²) in [4.78, 5) is 26.5. The fraction of sp³-hybridized carbons (Fsp3) is 0.579. The number of rotatable bonds is 6. The number of nitrogens with zero attached hydrogens (tertiary/aromatic N) is 1. The van der Waals surface area contributed by atoms with Crippen molar-refractivity contribution in [1.82, 2.24) is 15.5 Å². The Labute approximate surface area is 163 Å². The van der Waals surface area contributed by atoms with Crippen LogP contribution in [0.5, 0.6) is 0 Å². The highest BCUT2D eigenvalue weighted by atomic mass is 79.9. The third kappa shape index (κ3) is 6.07. The Balaban J connectivity index is 1.78. The first kappa shape index (κ1) is 20.9. The van der Waals surface area contributed by atoms with Crippen LogP contribution in [0.15, 0.2) is 28.7 Å². The number of benzene rings is 1. The molecule has 1 heterocycles. The van der Waals surface area contributed by atoms with Gasteiger partial charge in [0.1, 0.15) is 0 Å². The maximum absolute atomic E-state index is 12.1. The van der Waals surface area contributed by atoms with E-state index in [4.69, 9.17) is 4.74 Å². The van der Waals surface area contributed by atoms with Crippen molar-refractivity contribution in [2.45, 2.75) is 45.4 Å². The second kappa shape index (κ2) is 8.97. The van der Waals surface area contributed by atoms with Crippen LogP contribution in [0.2, 0.25) is 0 Å². The molecule has 7 heteroatoms. The molecule has 0 aliphatic carbocycles. The monoisotopic (exact) mass is 425 g/mol. The summed E-state index contributed by atoms with van der Waals surface area (Å²) in [6.07, 6.45) is 0.359. The van der Waals surface area contributed by atoms with Crippen molar-refractivity contribution in [1.29, 1.82) is 0 Å². The molecule has 2 rings (SSSR count). The normalized spacial score (nSPS) is 21.3. The first-order valence-electron chi connectivity index (χ1n) is 8.88. The fourth-order valence-electron chi connectivity index (χ4n) is 3.03. The third-order valence-corrected chi connectivity index (χ3v) is 5.04. The van der Waals surface area contributed by atoms with Gasteiger partial charge in [-0.1, -0.05) is 15.9 Å². The van der Waals surface area contributed by atoms with E-state index in [1.54, 1.807) is 24.3 Å². The lowest BCUT2D eigenvalue weighted by molar-refractivity contribution is -0.122. The van der Waals surface area contributed by atoms with Gasteiger partial charge < -0.3 is 15.4 Å². The number of halogens is 1. The van der Waals surface area contributed by atoms with Gasteiger partial charge in [0.2, 0.25) is 5.91 Å². The molecule has 1 saturated heterocycles. The lowest BCUT2D eigenvalue weighted by Crippen LogP contribution is -2.59. The van der Waals surface area contributed by atoms with Crippen LogP contribution in [0.3, 0.4) is 0 Å².